The molecule has 0 aliphatic heterocycles. The lowest BCUT2D eigenvalue weighted by Crippen LogP contribution is -2.59. The van der Waals surface area contributed by atoms with Gasteiger partial charge in [0.15, 0.2) is 0 Å². The van der Waals surface area contributed by atoms with Crippen molar-refractivity contribution < 1.29 is 35.5 Å². The number of hydrogen-bond donors (Lipinski definition) is 1. The SMILES string of the molecule is Cc1cc(CNC(=O)C(F)(F)C(F)(F)C(F)(F)F)n(C)n1. The van der Waals surface area contributed by atoms with Crippen molar-refractivity contribution >= 4 is 5.91 Å². The van der Waals surface area contributed by atoms with Gasteiger partial charge in [-0.15, -0.1) is 0 Å². The molecule has 1 heterocycles. The highest BCUT2D eigenvalue weighted by atomic mass is 19.4. The minimum absolute atomic E-state index is 0.159. The first-order chi connectivity index (χ1) is 9.30. The number of aromatic nitrogens is 2. The van der Waals surface area contributed by atoms with Gasteiger partial charge in [0, 0.05) is 7.05 Å². The molecule has 0 saturated carbocycles. The van der Waals surface area contributed by atoms with Gasteiger partial charge in [-0.05, 0) is 13.0 Å². The molecule has 21 heavy (non-hydrogen) atoms. The van der Waals surface area contributed by atoms with Crippen LogP contribution in [0, 0.1) is 6.92 Å². The molecule has 4 nitrogen and oxygen atoms in total. The number of halogens is 7. The summed E-state index contributed by atoms with van der Waals surface area (Å²) >= 11 is 0. The maximum absolute atomic E-state index is 13.0. The van der Waals surface area contributed by atoms with E-state index >= 15 is 0 Å². The molecule has 0 atom stereocenters. The Kier molecular flexibility index (Phi) is 4.26. The zero-order valence-corrected chi connectivity index (χ0v) is 10.7. The number of amides is 1. The number of carbonyl (C=O) groups is 1. The van der Waals surface area contributed by atoms with Gasteiger partial charge in [0.05, 0.1) is 17.9 Å². The first-order valence-electron chi connectivity index (χ1n) is 5.41. The van der Waals surface area contributed by atoms with Crippen LogP contribution in [-0.2, 0) is 18.4 Å². The largest absolute Gasteiger partial charge is 0.460 e. The number of aryl methyl sites for hydroxylation is 2. The molecule has 1 aromatic rings. The highest BCUT2D eigenvalue weighted by molar-refractivity contribution is 5.84. The summed E-state index contributed by atoms with van der Waals surface area (Å²) in [7, 11) is 1.39. The van der Waals surface area contributed by atoms with E-state index in [1.165, 1.54) is 25.4 Å². The van der Waals surface area contributed by atoms with E-state index in [0.717, 1.165) is 4.68 Å². The molecule has 0 radical (unpaired) electrons. The number of hydrogen-bond acceptors (Lipinski definition) is 2. The molecule has 1 N–H and O–H groups in total. The third-order valence-electron chi connectivity index (χ3n) is 2.56. The fourth-order valence-corrected chi connectivity index (χ4v) is 1.43. The summed E-state index contributed by atoms with van der Waals surface area (Å²) in [4.78, 5) is 11.0. The summed E-state index contributed by atoms with van der Waals surface area (Å²) in [6, 6.07) is 1.35. The summed E-state index contributed by atoms with van der Waals surface area (Å²) < 4.78 is 88.1. The second-order valence-corrected chi connectivity index (χ2v) is 4.23. The van der Waals surface area contributed by atoms with E-state index in [1.807, 2.05) is 0 Å². The van der Waals surface area contributed by atoms with Crippen molar-refractivity contribution in [3.05, 3.63) is 17.5 Å². The van der Waals surface area contributed by atoms with E-state index in [1.54, 1.807) is 0 Å². The summed E-state index contributed by atoms with van der Waals surface area (Å²) in [5.74, 6) is -15.1. The Morgan fingerprint density at radius 2 is 1.76 bits per heavy atom. The Balaban J connectivity index is 2.85. The topological polar surface area (TPSA) is 46.9 Å². The molecule has 120 valence electrons. The van der Waals surface area contributed by atoms with Crippen molar-refractivity contribution in [2.75, 3.05) is 0 Å². The van der Waals surface area contributed by atoms with Crippen molar-refractivity contribution in [1.29, 1.82) is 0 Å². The number of carbonyl (C=O) groups excluding carboxylic acids is 1. The minimum Gasteiger partial charge on any atom is -0.345 e. The Morgan fingerprint density at radius 3 is 2.14 bits per heavy atom. The smallest absolute Gasteiger partial charge is 0.345 e. The lowest BCUT2D eigenvalue weighted by molar-refractivity contribution is -0.344. The Labute approximate surface area is 113 Å². The third kappa shape index (κ3) is 3.10. The van der Waals surface area contributed by atoms with Crippen LogP contribution in [0.4, 0.5) is 30.7 Å². The van der Waals surface area contributed by atoms with Crippen molar-refractivity contribution in [1.82, 2.24) is 15.1 Å². The normalized spacial score (nSPS) is 13.4. The summed E-state index contributed by atoms with van der Waals surface area (Å²) in [5, 5.41) is 5.13. The molecule has 0 spiro atoms. The van der Waals surface area contributed by atoms with Gasteiger partial charge in [-0.3, -0.25) is 9.48 Å². The molecule has 0 fully saturated rings. The summed E-state index contributed by atoms with van der Waals surface area (Å²) in [5.41, 5.74) is 0.612. The Hall–Kier alpha value is -1.81. The quantitative estimate of drug-likeness (QED) is 0.864. The Bertz CT molecular complexity index is 535. The molecule has 0 unspecified atom stereocenters. The maximum atomic E-state index is 13.0. The molecule has 0 aliphatic rings. The highest BCUT2D eigenvalue weighted by Crippen LogP contribution is 2.46. The number of rotatable bonds is 4. The summed E-state index contributed by atoms with van der Waals surface area (Å²) in [6.45, 7) is 0.872. The van der Waals surface area contributed by atoms with Gasteiger partial charge in [0.2, 0.25) is 0 Å². The van der Waals surface area contributed by atoms with Crippen LogP contribution >= 0.6 is 0 Å². The van der Waals surface area contributed by atoms with Gasteiger partial charge in [-0.25, -0.2) is 0 Å². The van der Waals surface area contributed by atoms with Gasteiger partial charge in [0.25, 0.3) is 5.91 Å². The van der Waals surface area contributed by atoms with Crippen molar-refractivity contribution in [2.45, 2.75) is 31.5 Å². The van der Waals surface area contributed by atoms with E-state index < -0.39 is 30.5 Å². The second kappa shape index (κ2) is 5.19. The van der Waals surface area contributed by atoms with Gasteiger partial charge in [-0.1, -0.05) is 0 Å². The van der Waals surface area contributed by atoms with Crippen LogP contribution in [0.25, 0.3) is 0 Å². The van der Waals surface area contributed by atoms with Gasteiger partial charge in [-0.2, -0.15) is 35.8 Å². The van der Waals surface area contributed by atoms with Crippen LogP contribution < -0.4 is 5.32 Å². The average Bonchev–Trinajstić information content (AvgIpc) is 2.62. The third-order valence-corrected chi connectivity index (χ3v) is 2.56. The van der Waals surface area contributed by atoms with Gasteiger partial charge in [0.1, 0.15) is 0 Å². The maximum Gasteiger partial charge on any atom is 0.460 e. The first kappa shape index (κ1) is 17.2. The molecule has 0 bridgehead atoms. The molecule has 11 heteroatoms. The van der Waals surface area contributed by atoms with Crippen molar-refractivity contribution in [2.24, 2.45) is 7.05 Å². The lowest BCUT2D eigenvalue weighted by atomic mass is 10.1. The molecule has 0 saturated heterocycles. The fraction of sp³-hybridized carbons (Fsp3) is 0.600. The van der Waals surface area contributed by atoms with Crippen LogP contribution in [0.1, 0.15) is 11.4 Å². The highest BCUT2D eigenvalue weighted by Gasteiger charge is 2.76. The van der Waals surface area contributed by atoms with Crippen LogP contribution in [0.3, 0.4) is 0 Å². The van der Waals surface area contributed by atoms with Crippen molar-refractivity contribution in [3.63, 3.8) is 0 Å². The van der Waals surface area contributed by atoms with Gasteiger partial charge >= 0.3 is 18.0 Å². The summed E-state index contributed by atoms with van der Waals surface area (Å²) in [6.07, 6.45) is -6.54. The zero-order valence-electron chi connectivity index (χ0n) is 10.7. The Morgan fingerprint density at radius 1 is 1.24 bits per heavy atom. The molecule has 0 aliphatic carbocycles. The predicted octanol–water partition coefficient (Wildman–Crippen LogP) is 2.18. The van der Waals surface area contributed by atoms with E-state index in [0.29, 0.717) is 5.69 Å². The fourth-order valence-electron chi connectivity index (χ4n) is 1.43. The molecule has 1 amide bonds. The van der Waals surface area contributed by atoms with Crippen molar-refractivity contribution in [3.8, 4) is 0 Å². The molecule has 0 aromatic carbocycles. The van der Waals surface area contributed by atoms with E-state index in [4.69, 9.17) is 0 Å². The number of nitrogens with one attached hydrogen (secondary N) is 1. The standard InChI is InChI=1S/C10H10F7N3O/c1-5-3-6(20(2)19-5)4-18-7(21)8(11,12)9(13,14)10(15,16)17/h3H,4H2,1-2H3,(H,18,21). The predicted molar refractivity (Wildman–Crippen MR) is 55.7 cm³/mol. The first-order valence-corrected chi connectivity index (χ1v) is 5.41. The molecular formula is C10H10F7N3O. The zero-order chi connectivity index (χ0) is 16.6. The van der Waals surface area contributed by atoms with Crippen LogP contribution in [-0.4, -0.2) is 33.7 Å². The minimum atomic E-state index is -6.54. The molecule has 1 rings (SSSR count). The van der Waals surface area contributed by atoms with Crippen LogP contribution in [0.2, 0.25) is 0 Å². The van der Waals surface area contributed by atoms with E-state index in [-0.39, 0.29) is 5.69 Å². The second-order valence-electron chi connectivity index (χ2n) is 4.23. The van der Waals surface area contributed by atoms with E-state index in [9.17, 15) is 35.5 Å². The van der Waals surface area contributed by atoms with Gasteiger partial charge < -0.3 is 5.32 Å². The van der Waals surface area contributed by atoms with Crippen LogP contribution in [0.5, 0.6) is 0 Å². The van der Waals surface area contributed by atoms with E-state index in [2.05, 4.69) is 5.10 Å². The number of alkyl halides is 7. The monoisotopic (exact) mass is 321 g/mol. The molecular weight excluding hydrogens is 311 g/mol. The average molecular weight is 321 g/mol. The lowest BCUT2D eigenvalue weighted by Gasteiger charge is -2.27. The van der Waals surface area contributed by atoms with Crippen LogP contribution in [0.15, 0.2) is 6.07 Å². The molecule has 1 aromatic heterocycles. The number of nitrogens with zero attached hydrogens (tertiary/aromatic N) is 2.